The van der Waals surface area contributed by atoms with Crippen LogP contribution in [-0.2, 0) is 4.79 Å². The lowest BCUT2D eigenvalue weighted by Gasteiger charge is -2.05. The largest absolute Gasteiger partial charge is 0.468 e. The number of aryl methyl sites for hydroxylation is 1. The molecule has 0 fully saturated rings. The molecule has 0 radical (unpaired) electrons. The molecule has 0 spiro atoms. The average molecular weight is 262 g/mol. The van der Waals surface area contributed by atoms with Crippen molar-refractivity contribution < 1.29 is 9.21 Å². The fraction of sp³-hybridized carbons (Fsp3) is 0.154. The zero-order valence-electron chi connectivity index (χ0n) is 9.97. The summed E-state index contributed by atoms with van der Waals surface area (Å²) in [7, 11) is 0. The number of nitrogens with one attached hydrogen (secondary N) is 1. The van der Waals surface area contributed by atoms with E-state index in [0.29, 0.717) is 17.1 Å². The fourth-order valence-corrected chi connectivity index (χ4v) is 2.24. The molecule has 0 aliphatic heterocycles. The highest BCUT2D eigenvalue weighted by Crippen LogP contribution is 2.23. The van der Waals surface area contributed by atoms with Gasteiger partial charge in [-0.15, -0.1) is 11.8 Å². The van der Waals surface area contributed by atoms with Gasteiger partial charge in [0, 0.05) is 16.3 Å². The number of carbonyl (C=O) groups excluding carboxylic acids is 1. The molecule has 0 unspecified atom stereocenters. The van der Waals surface area contributed by atoms with Crippen LogP contribution >= 0.6 is 11.8 Å². The van der Waals surface area contributed by atoms with Crippen molar-refractivity contribution in [1.82, 2.24) is 0 Å². The first-order valence-electron chi connectivity index (χ1n) is 5.47. The van der Waals surface area contributed by atoms with Crippen molar-refractivity contribution in [3.05, 3.63) is 42.4 Å². The summed E-state index contributed by atoms with van der Waals surface area (Å²) in [6, 6.07) is 8.97. The maximum atomic E-state index is 11.7. The van der Waals surface area contributed by atoms with Crippen LogP contribution in [0.25, 0.3) is 0 Å². The zero-order chi connectivity index (χ0) is 13.0. The van der Waals surface area contributed by atoms with Crippen molar-refractivity contribution in [2.45, 2.75) is 11.8 Å². The Morgan fingerprint density at radius 1 is 1.44 bits per heavy atom. The van der Waals surface area contributed by atoms with Gasteiger partial charge in [0.1, 0.15) is 5.76 Å². The van der Waals surface area contributed by atoms with Gasteiger partial charge in [0.2, 0.25) is 5.91 Å². The predicted octanol–water partition coefficient (Wildman–Crippen LogP) is 2.90. The van der Waals surface area contributed by atoms with E-state index < -0.39 is 0 Å². The van der Waals surface area contributed by atoms with Crippen LogP contribution in [0.5, 0.6) is 0 Å². The highest BCUT2D eigenvalue weighted by Gasteiger charge is 2.07. The van der Waals surface area contributed by atoms with Crippen molar-refractivity contribution in [1.29, 1.82) is 0 Å². The number of nitrogen functional groups attached to an aromatic ring is 1. The Morgan fingerprint density at radius 3 is 2.94 bits per heavy atom. The van der Waals surface area contributed by atoms with Gasteiger partial charge in [-0.2, -0.15) is 0 Å². The first-order chi connectivity index (χ1) is 8.65. The molecule has 2 rings (SSSR count). The molecule has 1 aromatic carbocycles. The molecule has 4 nitrogen and oxygen atoms in total. The SMILES string of the molecule is Cc1occc1SCC(=O)Nc1cccc(N)c1. The van der Waals surface area contributed by atoms with E-state index in [0.717, 1.165) is 10.7 Å². The van der Waals surface area contributed by atoms with Gasteiger partial charge in [-0.05, 0) is 31.2 Å². The quantitative estimate of drug-likeness (QED) is 0.656. The first kappa shape index (κ1) is 12.6. The average Bonchev–Trinajstić information content (AvgIpc) is 2.72. The molecular weight excluding hydrogens is 248 g/mol. The Labute approximate surface area is 110 Å². The molecule has 18 heavy (non-hydrogen) atoms. The Bertz CT molecular complexity index is 551. The molecule has 1 heterocycles. The number of hydrogen-bond acceptors (Lipinski definition) is 4. The maximum absolute atomic E-state index is 11.7. The van der Waals surface area contributed by atoms with Gasteiger partial charge in [-0.25, -0.2) is 0 Å². The van der Waals surface area contributed by atoms with E-state index in [2.05, 4.69) is 5.32 Å². The second-order valence-corrected chi connectivity index (χ2v) is 4.82. The molecule has 0 aliphatic carbocycles. The van der Waals surface area contributed by atoms with Crippen molar-refractivity contribution >= 4 is 29.0 Å². The summed E-state index contributed by atoms with van der Waals surface area (Å²) in [4.78, 5) is 12.7. The Hall–Kier alpha value is -1.88. The van der Waals surface area contributed by atoms with Crippen LogP contribution < -0.4 is 11.1 Å². The highest BCUT2D eigenvalue weighted by molar-refractivity contribution is 8.00. The van der Waals surface area contributed by atoms with Gasteiger partial charge in [0.15, 0.2) is 0 Å². The summed E-state index contributed by atoms with van der Waals surface area (Å²) in [5.41, 5.74) is 6.98. The molecule has 94 valence electrons. The highest BCUT2D eigenvalue weighted by atomic mass is 32.2. The molecule has 0 bridgehead atoms. The van der Waals surface area contributed by atoms with Crippen molar-refractivity contribution in [2.24, 2.45) is 0 Å². The number of thioether (sulfide) groups is 1. The van der Waals surface area contributed by atoms with Crippen LogP contribution in [0.15, 0.2) is 45.9 Å². The number of benzene rings is 1. The Morgan fingerprint density at radius 2 is 2.28 bits per heavy atom. The van der Waals surface area contributed by atoms with Crippen LogP contribution in [0.1, 0.15) is 5.76 Å². The van der Waals surface area contributed by atoms with Gasteiger partial charge in [-0.3, -0.25) is 4.79 Å². The summed E-state index contributed by atoms with van der Waals surface area (Å²) in [5.74, 6) is 1.11. The lowest BCUT2D eigenvalue weighted by atomic mass is 10.3. The summed E-state index contributed by atoms with van der Waals surface area (Å²) in [6.45, 7) is 1.87. The summed E-state index contributed by atoms with van der Waals surface area (Å²) < 4.78 is 5.16. The third kappa shape index (κ3) is 3.30. The molecular formula is C13H14N2O2S. The van der Waals surface area contributed by atoms with Gasteiger partial charge < -0.3 is 15.5 Å². The van der Waals surface area contributed by atoms with Gasteiger partial charge >= 0.3 is 0 Å². The van der Waals surface area contributed by atoms with Gasteiger partial charge in [0.05, 0.1) is 12.0 Å². The number of rotatable bonds is 4. The number of hydrogen-bond donors (Lipinski definition) is 2. The molecule has 3 N–H and O–H groups in total. The topological polar surface area (TPSA) is 68.3 Å². The molecule has 1 aromatic heterocycles. The zero-order valence-corrected chi connectivity index (χ0v) is 10.8. The van der Waals surface area contributed by atoms with E-state index in [9.17, 15) is 4.79 Å². The molecule has 5 heteroatoms. The minimum Gasteiger partial charge on any atom is -0.468 e. The lowest BCUT2D eigenvalue weighted by molar-refractivity contribution is -0.113. The second kappa shape index (κ2) is 5.64. The second-order valence-electron chi connectivity index (χ2n) is 3.80. The third-order valence-corrected chi connectivity index (χ3v) is 3.48. The Kier molecular flexibility index (Phi) is 3.94. The van der Waals surface area contributed by atoms with Crippen LogP contribution in [0.3, 0.4) is 0 Å². The molecule has 0 saturated heterocycles. The van der Waals surface area contributed by atoms with Crippen LogP contribution in [0.2, 0.25) is 0 Å². The van der Waals surface area contributed by atoms with E-state index >= 15 is 0 Å². The monoisotopic (exact) mass is 262 g/mol. The van der Waals surface area contributed by atoms with Gasteiger partial charge in [-0.1, -0.05) is 6.07 Å². The third-order valence-electron chi connectivity index (χ3n) is 2.34. The maximum Gasteiger partial charge on any atom is 0.234 e. The fourth-order valence-electron chi connectivity index (χ4n) is 1.48. The van der Waals surface area contributed by atoms with Gasteiger partial charge in [0.25, 0.3) is 0 Å². The number of furan rings is 1. The molecule has 2 aromatic rings. The van der Waals surface area contributed by atoms with E-state index in [-0.39, 0.29) is 5.91 Å². The van der Waals surface area contributed by atoms with Crippen LogP contribution in [-0.4, -0.2) is 11.7 Å². The van der Waals surface area contributed by atoms with Crippen molar-refractivity contribution in [3.8, 4) is 0 Å². The van der Waals surface area contributed by atoms with Crippen molar-refractivity contribution in [3.63, 3.8) is 0 Å². The molecule has 0 aliphatic rings. The van der Waals surface area contributed by atoms with Crippen molar-refractivity contribution in [2.75, 3.05) is 16.8 Å². The standard InChI is InChI=1S/C13H14N2O2S/c1-9-12(5-6-17-9)18-8-13(16)15-11-4-2-3-10(14)7-11/h2-7H,8,14H2,1H3,(H,15,16). The van der Waals surface area contributed by atoms with E-state index in [4.69, 9.17) is 10.2 Å². The van der Waals surface area contributed by atoms with E-state index in [1.54, 1.807) is 24.5 Å². The smallest absolute Gasteiger partial charge is 0.234 e. The van der Waals surface area contributed by atoms with Crippen LogP contribution in [0.4, 0.5) is 11.4 Å². The summed E-state index contributed by atoms with van der Waals surface area (Å²) in [5, 5.41) is 2.79. The first-order valence-corrected chi connectivity index (χ1v) is 6.46. The lowest BCUT2D eigenvalue weighted by Crippen LogP contribution is -2.14. The molecule has 0 saturated carbocycles. The Balaban J connectivity index is 1.88. The minimum atomic E-state index is -0.0637. The number of amides is 1. The summed E-state index contributed by atoms with van der Waals surface area (Å²) >= 11 is 1.45. The summed E-state index contributed by atoms with van der Waals surface area (Å²) in [6.07, 6.45) is 1.62. The minimum absolute atomic E-state index is 0.0637. The number of carbonyl (C=O) groups is 1. The number of anilines is 2. The molecule has 1 amide bonds. The normalized spacial score (nSPS) is 10.3. The van der Waals surface area contributed by atoms with E-state index in [1.807, 2.05) is 19.1 Å². The number of nitrogens with two attached hydrogens (primary N) is 1. The predicted molar refractivity (Wildman–Crippen MR) is 73.7 cm³/mol. The van der Waals surface area contributed by atoms with Crippen LogP contribution in [0, 0.1) is 6.92 Å². The van der Waals surface area contributed by atoms with E-state index in [1.165, 1.54) is 11.8 Å². The molecule has 0 atom stereocenters.